The molecule has 4 heteroatoms. The van der Waals surface area contributed by atoms with E-state index in [0.717, 1.165) is 6.42 Å². The second kappa shape index (κ2) is 4.66. The maximum Gasteiger partial charge on any atom is 0.231 e. The van der Waals surface area contributed by atoms with E-state index in [-0.39, 0.29) is 5.91 Å². The van der Waals surface area contributed by atoms with Gasteiger partial charge in [-0.15, -0.1) is 0 Å². The maximum absolute atomic E-state index is 11.2. The SMILES string of the molecule is COCCCC(=O)n1ccnc1. The fraction of sp³-hybridized carbons (Fsp3) is 0.500. The summed E-state index contributed by atoms with van der Waals surface area (Å²) in [7, 11) is 1.63. The van der Waals surface area contributed by atoms with E-state index in [4.69, 9.17) is 4.74 Å². The Morgan fingerprint density at radius 2 is 2.50 bits per heavy atom. The number of ether oxygens (including phenoxy) is 1. The molecule has 12 heavy (non-hydrogen) atoms. The quantitative estimate of drug-likeness (QED) is 0.629. The van der Waals surface area contributed by atoms with Crippen molar-refractivity contribution in [3.05, 3.63) is 18.7 Å². The summed E-state index contributed by atoms with van der Waals surface area (Å²) in [5.41, 5.74) is 0. The molecule has 1 heterocycles. The highest BCUT2D eigenvalue weighted by molar-refractivity contribution is 5.78. The number of carbonyl (C=O) groups excluding carboxylic acids is 1. The molecule has 0 radical (unpaired) electrons. The average molecular weight is 168 g/mol. The molecule has 1 rings (SSSR count). The van der Waals surface area contributed by atoms with Crippen molar-refractivity contribution < 1.29 is 9.53 Å². The third kappa shape index (κ3) is 2.47. The zero-order chi connectivity index (χ0) is 8.81. The molecule has 1 aromatic heterocycles. The van der Waals surface area contributed by atoms with Crippen LogP contribution in [-0.2, 0) is 4.74 Å². The Morgan fingerprint density at radius 1 is 1.67 bits per heavy atom. The number of carbonyl (C=O) groups is 1. The zero-order valence-electron chi connectivity index (χ0n) is 7.06. The van der Waals surface area contributed by atoms with Crippen molar-refractivity contribution >= 4 is 5.91 Å². The molecule has 0 aliphatic heterocycles. The van der Waals surface area contributed by atoms with Gasteiger partial charge in [-0.3, -0.25) is 9.36 Å². The van der Waals surface area contributed by atoms with Crippen LogP contribution in [0.5, 0.6) is 0 Å². The lowest BCUT2D eigenvalue weighted by Gasteiger charge is -1.99. The summed E-state index contributed by atoms with van der Waals surface area (Å²) in [6.45, 7) is 0.625. The number of aromatic nitrogens is 2. The zero-order valence-corrected chi connectivity index (χ0v) is 7.06. The summed E-state index contributed by atoms with van der Waals surface area (Å²) < 4.78 is 6.31. The molecule has 66 valence electrons. The Morgan fingerprint density at radius 3 is 3.08 bits per heavy atom. The first kappa shape index (κ1) is 8.93. The Bertz CT molecular complexity index is 231. The standard InChI is InChI=1S/C8H12N2O2/c1-12-6-2-3-8(11)10-5-4-9-7-10/h4-5,7H,2-3,6H2,1H3. The van der Waals surface area contributed by atoms with Crippen LogP contribution in [0.3, 0.4) is 0 Å². The van der Waals surface area contributed by atoms with Gasteiger partial charge >= 0.3 is 0 Å². The van der Waals surface area contributed by atoms with Crippen LogP contribution in [-0.4, -0.2) is 29.2 Å². The third-order valence-corrected chi connectivity index (χ3v) is 1.53. The monoisotopic (exact) mass is 168 g/mol. The smallest absolute Gasteiger partial charge is 0.231 e. The molecule has 0 saturated heterocycles. The van der Waals surface area contributed by atoms with E-state index in [2.05, 4.69) is 4.98 Å². The fourth-order valence-electron chi connectivity index (χ4n) is 0.903. The van der Waals surface area contributed by atoms with Gasteiger partial charge in [0, 0.05) is 32.5 Å². The van der Waals surface area contributed by atoms with Crippen LogP contribution in [0.15, 0.2) is 18.7 Å². The minimum atomic E-state index is 0.0598. The fourth-order valence-corrected chi connectivity index (χ4v) is 0.903. The molecule has 1 aromatic rings. The lowest BCUT2D eigenvalue weighted by atomic mass is 10.3. The van der Waals surface area contributed by atoms with E-state index >= 15 is 0 Å². The van der Waals surface area contributed by atoms with Crippen molar-refractivity contribution in [2.24, 2.45) is 0 Å². The number of rotatable bonds is 4. The maximum atomic E-state index is 11.2. The van der Waals surface area contributed by atoms with E-state index in [1.807, 2.05) is 0 Å². The van der Waals surface area contributed by atoms with Gasteiger partial charge < -0.3 is 4.74 Å². The van der Waals surface area contributed by atoms with Gasteiger partial charge in [-0.1, -0.05) is 0 Å². The lowest BCUT2D eigenvalue weighted by Crippen LogP contribution is -2.08. The molecule has 0 aliphatic rings. The molecule has 0 atom stereocenters. The van der Waals surface area contributed by atoms with Gasteiger partial charge in [-0.25, -0.2) is 4.98 Å². The summed E-state index contributed by atoms with van der Waals surface area (Å²) in [5.74, 6) is 0.0598. The number of nitrogens with zero attached hydrogens (tertiary/aromatic N) is 2. The largest absolute Gasteiger partial charge is 0.385 e. The van der Waals surface area contributed by atoms with Crippen LogP contribution in [0.25, 0.3) is 0 Å². The Kier molecular flexibility index (Phi) is 3.47. The summed E-state index contributed by atoms with van der Waals surface area (Å²) in [4.78, 5) is 15.0. The van der Waals surface area contributed by atoms with Crippen LogP contribution in [0, 0.1) is 0 Å². The first-order valence-corrected chi connectivity index (χ1v) is 3.84. The highest BCUT2D eigenvalue weighted by Gasteiger charge is 2.01. The van der Waals surface area contributed by atoms with E-state index < -0.39 is 0 Å². The molecule has 0 unspecified atom stereocenters. The Labute approximate surface area is 71.2 Å². The summed E-state index contributed by atoms with van der Waals surface area (Å²) in [6.07, 6.45) is 6.01. The molecular weight excluding hydrogens is 156 g/mol. The van der Waals surface area contributed by atoms with Gasteiger partial charge in [0.1, 0.15) is 6.33 Å². The Hall–Kier alpha value is -1.16. The normalized spacial score (nSPS) is 10.1. The van der Waals surface area contributed by atoms with E-state index in [1.165, 1.54) is 10.9 Å². The predicted octanol–water partition coefficient (Wildman–Crippen LogP) is 0.950. The molecule has 0 spiro atoms. The van der Waals surface area contributed by atoms with Crippen molar-refractivity contribution in [1.82, 2.24) is 9.55 Å². The minimum absolute atomic E-state index is 0.0598. The molecule has 0 aromatic carbocycles. The van der Waals surface area contributed by atoms with Crippen molar-refractivity contribution in [3.63, 3.8) is 0 Å². The van der Waals surface area contributed by atoms with Crippen LogP contribution in [0.1, 0.15) is 17.6 Å². The predicted molar refractivity (Wildman–Crippen MR) is 44.0 cm³/mol. The minimum Gasteiger partial charge on any atom is -0.385 e. The van der Waals surface area contributed by atoms with Gasteiger partial charge in [-0.05, 0) is 6.42 Å². The molecule has 4 nitrogen and oxygen atoms in total. The van der Waals surface area contributed by atoms with Gasteiger partial charge in [0.2, 0.25) is 5.91 Å². The van der Waals surface area contributed by atoms with Crippen LogP contribution >= 0.6 is 0 Å². The third-order valence-electron chi connectivity index (χ3n) is 1.53. The first-order valence-electron chi connectivity index (χ1n) is 3.84. The van der Waals surface area contributed by atoms with Gasteiger partial charge in [-0.2, -0.15) is 0 Å². The van der Waals surface area contributed by atoms with E-state index in [9.17, 15) is 4.79 Å². The number of imidazole rings is 1. The summed E-state index contributed by atoms with van der Waals surface area (Å²) in [6, 6.07) is 0. The summed E-state index contributed by atoms with van der Waals surface area (Å²) >= 11 is 0. The van der Waals surface area contributed by atoms with Gasteiger partial charge in [0.05, 0.1) is 0 Å². The number of methoxy groups -OCH3 is 1. The molecule has 0 amide bonds. The molecule has 0 N–H and O–H groups in total. The molecule has 0 saturated carbocycles. The summed E-state index contributed by atoms with van der Waals surface area (Å²) in [5, 5.41) is 0. The van der Waals surface area contributed by atoms with E-state index in [0.29, 0.717) is 13.0 Å². The van der Waals surface area contributed by atoms with Crippen LogP contribution in [0.2, 0.25) is 0 Å². The highest BCUT2D eigenvalue weighted by atomic mass is 16.5. The average Bonchev–Trinajstić information content (AvgIpc) is 2.56. The number of hydrogen-bond acceptors (Lipinski definition) is 3. The van der Waals surface area contributed by atoms with Gasteiger partial charge in [0.25, 0.3) is 0 Å². The second-order valence-electron chi connectivity index (χ2n) is 2.46. The Balaban J connectivity index is 2.30. The highest BCUT2D eigenvalue weighted by Crippen LogP contribution is 1.95. The lowest BCUT2D eigenvalue weighted by molar-refractivity contribution is 0.0883. The molecule has 0 fully saturated rings. The van der Waals surface area contributed by atoms with Crippen molar-refractivity contribution in [3.8, 4) is 0 Å². The van der Waals surface area contributed by atoms with Crippen LogP contribution in [0.4, 0.5) is 0 Å². The second-order valence-corrected chi connectivity index (χ2v) is 2.46. The van der Waals surface area contributed by atoms with E-state index in [1.54, 1.807) is 19.5 Å². The molecule has 0 aliphatic carbocycles. The topological polar surface area (TPSA) is 44.1 Å². The first-order chi connectivity index (χ1) is 5.84. The number of hydrogen-bond donors (Lipinski definition) is 0. The van der Waals surface area contributed by atoms with Crippen molar-refractivity contribution in [1.29, 1.82) is 0 Å². The van der Waals surface area contributed by atoms with Gasteiger partial charge in [0.15, 0.2) is 0 Å². The van der Waals surface area contributed by atoms with Crippen molar-refractivity contribution in [2.75, 3.05) is 13.7 Å². The van der Waals surface area contributed by atoms with Crippen LogP contribution < -0.4 is 0 Å². The molecule has 0 bridgehead atoms. The molecular formula is C8H12N2O2. The van der Waals surface area contributed by atoms with Crippen molar-refractivity contribution in [2.45, 2.75) is 12.8 Å².